The molecule has 5 nitrogen and oxygen atoms in total. The fourth-order valence-corrected chi connectivity index (χ4v) is 2.86. The van der Waals surface area contributed by atoms with Gasteiger partial charge in [-0.05, 0) is 38.4 Å². The number of amides is 1. The summed E-state index contributed by atoms with van der Waals surface area (Å²) in [6.45, 7) is 6.59. The van der Waals surface area contributed by atoms with Crippen LogP contribution in [0.1, 0.15) is 26.0 Å². The Morgan fingerprint density at radius 2 is 2.40 bits per heavy atom. The molecule has 1 aromatic rings. The van der Waals surface area contributed by atoms with E-state index in [-0.39, 0.29) is 11.9 Å². The van der Waals surface area contributed by atoms with Crippen LogP contribution in [-0.2, 0) is 11.3 Å². The van der Waals surface area contributed by atoms with E-state index in [1.54, 1.807) is 6.26 Å². The van der Waals surface area contributed by atoms with Crippen molar-refractivity contribution in [2.45, 2.75) is 38.9 Å². The van der Waals surface area contributed by atoms with Crippen molar-refractivity contribution in [1.82, 2.24) is 15.5 Å². The molecule has 1 amide bonds. The SMILES string of the molecule is CNC1CCN(C(C)C(=O)NCc2ccco2)CC1C. The van der Waals surface area contributed by atoms with Crippen molar-refractivity contribution in [2.75, 3.05) is 20.1 Å². The van der Waals surface area contributed by atoms with Gasteiger partial charge in [0.05, 0.1) is 18.8 Å². The molecule has 1 aliphatic rings. The number of nitrogens with one attached hydrogen (secondary N) is 2. The Bertz CT molecular complexity index is 419. The Morgan fingerprint density at radius 3 is 3.00 bits per heavy atom. The molecule has 2 rings (SSSR count). The first kappa shape index (κ1) is 15.1. The van der Waals surface area contributed by atoms with Gasteiger partial charge in [-0.1, -0.05) is 6.92 Å². The number of piperidine rings is 1. The lowest BCUT2D eigenvalue weighted by Gasteiger charge is -2.39. The van der Waals surface area contributed by atoms with E-state index in [0.717, 1.165) is 25.3 Å². The average Bonchev–Trinajstić information content (AvgIpc) is 2.97. The second kappa shape index (κ2) is 6.90. The third kappa shape index (κ3) is 3.61. The smallest absolute Gasteiger partial charge is 0.237 e. The van der Waals surface area contributed by atoms with Crippen molar-refractivity contribution in [3.8, 4) is 0 Å². The van der Waals surface area contributed by atoms with Gasteiger partial charge < -0.3 is 15.1 Å². The van der Waals surface area contributed by atoms with E-state index < -0.39 is 0 Å². The summed E-state index contributed by atoms with van der Waals surface area (Å²) in [5.41, 5.74) is 0. The van der Waals surface area contributed by atoms with Crippen LogP contribution in [0, 0.1) is 5.92 Å². The Morgan fingerprint density at radius 1 is 1.60 bits per heavy atom. The van der Waals surface area contributed by atoms with E-state index in [0.29, 0.717) is 18.5 Å². The zero-order valence-corrected chi connectivity index (χ0v) is 12.6. The van der Waals surface area contributed by atoms with Gasteiger partial charge >= 0.3 is 0 Å². The Kier molecular flexibility index (Phi) is 5.20. The summed E-state index contributed by atoms with van der Waals surface area (Å²) in [4.78, 5) is 14.4. The first-order chi connectivity index (χ1) is 9.61. The van der Waals surface area contributed by atoms with E-state index in [2.05, 4.69) is 22.5 Å². The molecule has 3 unspecified atom stereocenters. The summed E-state index contributed by atoms with van der Waals surface area (Å²) >= 11 is 0. The van der Waals surface area contributed by atoms with Crippen molar-refractivity contribution in [3.63, 3.8) is 0 Å². The molecule has 0 aliphatic carbocycles. The van der Waals surface area contributed by atoms with Gasteiger partial charge in [0.25, 0.3) is 0 Å². The van der Waals surface area contributed by atoms with Gasteiger partial charge in [0.15, 0.2) is 0 Å². The van der Waals surface area contributed by atoms with Crippen LogP contribution in [0.2, 0.25) is 0 Å². The largest absolute Gasteiger partial charge is 0.467 e. The molecule has 112 valence electrons. The third-order valence-electron chi connectivity index (χ3n) is 4.25. The number of carbonyl (C=O) groups excluding carboxylic acids is 1. The molecule has 0 bridgehead atoms. The summed E-state index contributed by atoms with van der Waals surface area (Å²) in [5.74, 6) is 1.42. The maximum Gasteiger partial charge on any atom is 0.237 e. The maximum atomic E-state index is 12.2. The van der Waals surface area contributed by atoms with Crippen LogP contribution in [0.25, 0.3) is 0 Å². The molecule has 0 aromatic carbocycles. The lowest BCUT2D eigenvalue weighted by Crippen LogP contribution is -2.53. The van der Waals surface area contributed by atoms with Crippen LogP contribution < -0.4 is 10.6 Å². The topological polar surface area (TPSA) is 57.5 Å². The van der Waals surface area contributed by atoms with Crippen molar-refractivity contribution in [3.05, 3.63) is 24.2 Å². The fraction of sp³-hybridized carbons (Fsp3) is 0.667. The molecule has 3 atom stereocenters. The average molecular weight is 279 g/mol. The van der Waals surface area contributed by atoms with Crippen LogP contribution in [0.4, 0.5) is 0 Å². The summed E-state index contributed by atoms with van der Waals surface area (Å²) in [7, 11) is 2.01. The van der Waals surface area contributed by atoms with Crippen LogP contribution in [-0.4, -0.2) is 43.0 Å². The predicted octanol–water partition coefficient (Wildman–Crippen LogP) is 1.21. The first-order valence-electron chi connectivity index (χ1n) is 7.33. The highest BCUT2D eigenvalue weighted by Crippen LogP contribution is 2.18. The van der Waals surface area contributed by atoms with Crippen molar-refractivity contribution in [2.24, 2.45) is 5.92 Å². The van der Waals surface area contributed by atoms with Gasteiger partial charge in [-0.25, -0.2) is 0 Å². The normalized spacial score (nSPS) is 25.4. The van der Waals surface area contributed by atoms with Gasteiger partial charge in [0, 0.05) is 19.1 Å². The van der Waals surface area contributed by atoms with Gasteiger partial charge in [0.2, 0.25) is 5.91 Å². The quantitative estimate of drug-likeness (QED) is 0.851. The minimum Gasteiger partial charge on any atom is -0.467 e. The van der Waals surface area contributed by atoms with Gasteiger partial charge in [-0.15, -0.1) is 0 Å². The number of hydrogen-bond acceptors (Lipinski definition) is 4. The van der Waals surface area contributed by atoms with E-state index in [1.165, 1.54) is 0 Å². The second-order valence-electron chi connectivity index (χ2n) is 5.63. The molecule has 0 saturated carbocycles. The molecule has 2 heterocycles. The lowest BCUT2D eigenvalue weighted by molar-refractivity contribution is -0.126. The Hall–Kier alpha value is -1.33. The molecule has 5 heteroatoms. The van der Waals surface area contributed by atoms with E-state index in [9.17, 15) is 4.79 Å². The second-order valence-corrected chi connectivity index (χ2v) is 5.63. The molecule has 0 spiro atoms. The highest BCUT2D eigenvalue weighted by molar-refractivity contribution is 5.81. The minimum atomic E-state index is -0.0924. The molecule has 2 N–H and O–H groups in total. The van der Waals surface area contributed by atoms with Crippen LogP contribution in [0.15, 0.2) is 22.8 Å². The number of likely N-dealkylation sites (tertiary alicyclic amines) is 1. The van der Waals surface area contributed by atoms with Crippen molar-refractivity contribution in [1.29, 1.82) is 0 Å². The van der Waals surface area contributed by atoms with Crippen LogP contribution in [0.3, 0.4) is 0 Å². The highest BCUT2D eigenvalue weighted by Gasteiger charge is 2.30. The molecule has 0 radical (unpaired) electrons. The van der Waals surface area contributed by atoms with Crippen LogP contribution >= 0.6 is 0 Å². The standard InChI is InChI=1S/C15H25N3O2/c1-11-10-18(7-6-14(11)16-3)12(2)15(19)17-9-13-5-4-8-20-13/h4-5,8,11-12,14,16H,6-7,9-10H2,1-3H3,(H,17,19). The molecule has 1 fully saturated rings. The van der Waals surface area contributed by atoms with E-state index in [4.69, 9.17) is 4.42 Å². The molecule has 20 heavy (non-hydrogen) atoms. The number of carbonyl (C=O) groups is 1. The predicted molar refractivity (Wildman–Crippen MR) is 78.2 cm³/mol. The van der Waals surface area contributed by atoms with Gasteiger partial charge in [-0.3, -0.25) is 9.69 Å². The number of nitrogens with zero attached hydrogens (tertiary/aromatic N) is 1. The lowest BCUT2D eigenvalue weighted by atomic mass is 9.93. The summed E-state index contributed by atoms with van der Waals surface area (Å²) in [6.07, 6.45) is 2.71. The summed E-state index contributed by atoms with van der Waals surface area (Å²) in [5, 5.41) is 6.28. The zero-order valence-electron chi connectivity index (χ0n) is 12.6. The summed E-state index contributed by atoms with van der Waals surface area (Å²) in [6, 6.07) is 4.16. The number of rotatable bonds is 5. The van der Waals surface area contributed by atoms with Crippen molar-refractivity contribution < 1.29 is 9.21 Å². The van der Waals surface area contributed by atoms with Crippen LogP contribution in [0.5, 0.6) is 0 Å². The molecule has 1 aliphatic heterocycles. The summed E-state index contributed by atoms with van der Waals surface area (Å²) < 4.78 is 5.22. The van der Waals surface area contributed by atoms with Crippen molar-refractivity contribution >= 4 is 5.91 Å². The fourth-order valence-electron chi connectivity index (χ4n) is 2.86. The molecule has 1 saturated heterocycles. The van der Waals surface area contributed by atoms with E-state index >= 15 is 0 Å². The van der Waals surface area contributed by atoms with E-state index in [1.807, 2.05) is 26.1 Å². The first-order valence-corrected chi connectivity index (χ1v) is 7.33. The third-order valence-corrected chi connectivity index (χ3v) is 4.25. The molecular formula is C15H25N3O2. The Labute approximate surface area is 120 Å². The molecule has 1 aromatic heterocycles. The molecular weight excluding hydrogens is 254 g/mol. The zero-order chi connectivity index (χ0) is 14.5. The number of hydrogen-bond donors (Lipinski definition) is 2. The highest BCUT2D eigenvalue weighted by atomic mass is 16.3. The maximum absolute atomic E-state index is 12.2. The van der Waals surface area contributed by atoms with Gasteiger partial charge in [0.1, 0.15) is 5.76 Å². The Balaban J connectivity index is 1.81. The monoisotopic (exact) mass is 279 g/mol. The minimum absolute atomic E-state index is 0.0662. The van der Waals surface area contributed by atoms with Gasteiger partial charge in [-0.2, -0.15) is 0 Å². The number of furan rings is 1.